The van der Waals surface area contributed by atoms with E-state index >= 15 is 0 Å². The second-order valence-electron chi connectivity index (χ2n) is 5.30. The molecule has 0 spiro atoms. The van der Waals surface area contributed by atoms with Crippen molar-refractivity contribution in [3.8, 4) is 0 Å². The van der Waals surface area contributed by atoms with Gasteiger partial charge in [0.1, 0.15) is 0 Å². The lowest BCUT2D eigenvalue weighted by Crippen LogP contribution is -2.33. The van der Waals surface area contributed by atoms with Crippen LogP contribution in [0.25, 0.3) is 10.9 Å². The molecular weight excluding hydrogens is 256 g/mol. The summed E-state index contributed by atoms with van der Waals surface area (Å²) in [6.07, 6.45) is 3.72. The molecule has 0 saturated heterocycles. The highest BCUT2D eigenvalue weighted by atomic mass is 16.4. The minimum Gasteiger partial charge on any atom is -0.481 e. The van der Waals surface area contributed by atoms with Crippen molar-refractivity contribution < 1.29 is 14.7 Å². The Labute approximate surface area is 116 Å². The van der Waals surface area contributed by atoms with Crippen LogP contribution >= 0.6 is 0 Å². The molecule has 1 aromatic carbocycles. The maximum Gasteiger partial charge on any atom is 0.306 e. The highest BCUT2D eigenvalue weighted by molar-refractivity contribution is 5.98. The largest absolute Gasteiger partial charge is 0.481 e. The summed E-state index contributed by atoms with van der Waals surface area (Å²) in [5, 5.41) is 12.9. The summed E-state index contributed by atoms with van der Waals surface area (Å²) < 4.78 is 0. The molecule has 1 saturated carbocycles. The van der Waals surface area contributed by atoms with Crippen molar-refractivity contribution in [1.82, 2.24) is 10.3 Å². The van der Waals surface area contributed by atoms with Gasteiger partial charge in [0.15, 0.2) is 0 Å². The van der Waals surface area contributed by atoms with E-state index < -0.39 is 5.97 Å². The molecule has 0 radical (unpaired) electrons. The molecule has 20 heavy (non-hydrogen) atoms. The van der Waals surface area contributed by atoms with E-state index in [9.17, 15) is 9.59 Å². The number of aliphatic carboxylic acids is 1. The van der Waals surface area contributed by atoms with Crippen molar-refractivity contribution in [3.63, 3.8) is 0 Å². The van der Waals surface area contributed by atoms with Crippen LogP contribution in [0.1, 0.15) is 29.6 Å². The predicted molar refractivity (Wildman–Crippen MR) is 74.5 cm³/mol. The summed E-state index contributed by atoms with van der Waals surface area (Å²) in [7, 11) is 0. The number of aromatic amines is 1. The van der Waals surface area contributed by atoms with Gasteiger partial charge in [-0.05, 0) is 43.5 Å². The lowest BCUT2D eigenvalue weighted by Gasteiger charge is -2.12. The number of rotatable bonds is 3. The molecule has 1 fully saturated rings. The average Bonchev–Trinajstić information content (AvgIpc) is 3.05. The van der Waals surface area contributed by atoms with E-state index in [1.165, 1.54) is 0 Å². The van der Waals surface area contributed by atoms with Gasteiger partial charge >= 0.3 is 5.97 Å². The van der Waals surface area contributed by atoms with Gasteiger partial charge in [-0.1, -0.05) is 0 Å². The number of carbonyl (C=O) groups excluding carboxylic acids is 1. The molecule has 1 aliphatic carbocycles. The van der Waals surface area contributed by atoms with Crippen LogP contribution in [0.15, 0.2) is 30.5 Å². The second kappa shape index (κ2) is 5.00. The van der Waals surface area contributed by atoms with Gasteiger partial charge in [-0.3, -0.25) is 9.59 Å². The molecule has 2 atom stereocenters. The molecule has 0 bridgehead atoms. The summed E-state index contributed by atoms with van der Waals surface area (Å²) in [4.78, 5) is 26.2. The number of benzene rings is 1. The highest BCUT2D eigenvalue weighted by Gasteiger charge is 2.30. The Kier molecular flexibility index (Phi) is 3.18. The number of carbonyl (C=O) groups is 2. The van der Waals surface area contributed by atoms with E-state index in [1.54, 1.807) is 6.07 Å². The molecule has 1 amide bonds. The molecule has 2 aromatic rings. The lowest BCUT2D eigenvalue weighted by molar-refractivity contribution is -0.141. The number of hydrogen-bond donors (Lipinski definition) is 3. The maximum atomic E-state index is 12.2. The van der Waals surface area contributed by atoms with Crippen LogP contribution in [0.2, 0.25) is 0 Å². The fraction of sp³-hybridized carbons (Fsp3) is 0.333. The van der Waals surface area contributed by atoms with Gasteiger partial charge in [0, 0.05) is 28.7 Å². The third-order valence-corrected chi connectivity index (χ3v) is 3.93. The van der Waals surface area contributed by atoms with E-state index in [0.717, 1.165) is 17.3 Å². The Balaban J connectivity index is 1.68. The predicted octanol–water partition coefficient (Wildman–Crippen LogP) is 2.15. The van der Waals surface area contributed by atoms with Crippen LogP contribution in [-0.2, 0) is 4.79 Å². The Morgan fingerprint density at radius 1 is 1.25 bits per heavy atom. The molecule has 5 heteroatoms. The van der Waals surface area contributed by atoms with Crippen molar-refractivity contribution in [2.24, 2.45) is 5.92 Å². The van der Waals surface area contributed by atoms with Crippen molar-refractivity contribution in [3.05, 3.63) is 36.0 Å². The van der Waals surface area contributed by atoms with Crippen molar-refractivity contribution in [2.75, 3.05) is 0 Å². The zero-order chi connectivity index (χ0) is 14.1. The van der Waals surface area contributed by atoms with Gasteiger partial charge < -0.3 is 15.4 Å². The van der Waals surface area contributed by atoms with E-state index in [4.69, 9.17) is 5.11 Å². The van der Waals surface area contributed by atoms with Gasteiger partial charge in [-0.25, -0.2) is 0 Å². The minimum atomic E-state index is -0.768. The quantitative estimate of drug-likeness (QED) is 0.800. The van der Waals surface area contributed by atoms with E-state index in [2.05, 4.69) is 10.3 Å². The number of amides is 1. The lowest BCUT2D eigenvalue weighted by atomic mass is 10.1. The number of carboxylic acid groups (broad SMARTS) is 1. The van der Waals surface area contributed by atoms with Crippen molar-refractivity contribution >= 4 is 22.8 Å². The third-order valence-electron chi connectivity index (χ3n) is 3.93. The third kappa shape index (κ3) is 2.39. The monoisotopic (exact) mass is 272 g/mol. The van der Waals surface area contributed by atoms with E-state index in [1.807, 2.05) is 24.4 Å². The molecule has 1 heterocycles. The van der Waals surface area contributed by atoms with Crippen LogP contribution in [0, 0.1) is 5.92 Å². The number of H-pyrrole nitrogens is 1. The van der Waals surface area contributed by atoms with Gasteiger partial charge in [-0.15, -0.1) is 0 Å². The topological polar surface area (TPSA) is 82.2 Å². The molecule has 0 aliphatic heterocycles. The van der Waals surface area contributed by atoms with Crippen LogP contribution in [0.5, 0.6) is 0 Å². The molecule has 3 rings (SSSR count). The molecule has 1 aliphatic rings. The van der Waals surface area contributed by atoms with Crippen LogP contribution < -0.4 is 5.32 Å². The smallest absolute Gasteiger partial charge is 0.306 e. The van der Waals surface area contributed by atoms with E-state index in [0.29, 0.717) is 18.4 Å². The zero-order valence-corrected chi connectivity index (χ0v) is 10.9. The summed E-state index contributed by atoms with van der Waals surface area (Å²) >= 11 is 0. The van der Waals surface area contributed by atoms with Crippen molar-refractivity contribution in [1.29, 1.82) is 0 Å². The summed E-state index contributed by atoms with van der Waals surface area (Å²) in [5.74, 6) is -1.23. The standard InChI is InChI=1S/C15H16N2O3/c18-14(17-12-3-1-11(8-12)15(19)20)10-2-4-13-9(7-10)5-6-16-13/h2,4-7,11-12,16H,1,3,8H2,(H,17,18)(H,19,20)/t11-,12+/m0/s1. The fourth-order valence-corrected chi connectivity index (χ4v) is 2.80. The molecular formula is C15H16N2O3. The zero-order valence-electron chi connectivity index (χ0n) is 10.9. The Hall–Kier alpha value is -2.30. The highest BCUT2D eigenvalue weighted by Crippen LogP contribution is 2.26. The van der Waals surface area contributed by atoms with Crippen LogP contribution in [-0.4, -0.2) is 28.0 Å². The first-order chi connectivity index (χ1) is 9.63. The van der Waals surface area contributed by atoms with Gasteiger partial charge in [0.2, 0.25) is 0 Å². The van der Waals surface area contributed by atoms with E-state index in [-0.39, 0.29) is 17.9 Å². The van der Waals surface area contributed by atoms with Gasteiger partial charge in [0.05, 0.1) is 5.92 Å². The van der Waals surface area contributed by atoms with Crippen LogP contribution in [0.4, 0.5) is 0 Å². The van der Waals surface area contributed by atoms with Crippen LogP contribution in [0.3, 0.4) is 0 Å². The number of nitrogens with one attached hydrogen (secondary N) is 2. The number of fused-ring (bicyclic) bond motifs is 1. The summed E-state index contributed by atoms with van der Waals surface area (Å²) in [6.45, 7) is 0. The maximum absolute atomic E-state index is 12.2. The normalized spacial score (nSPS) is 22.0. The SMILES string of the molecule is O=C(N[C@@H]1CC[C@H](C(=O)O)C1)c1ccc2[nH]ccc2c1. The first kappa shape index (κ1) is 12.7. The number of aromatic nitrogens is 1. The van der Waals surface area contributed by atoms with Gasteiger partial charge in [-0.2, -0.15) is 0 Å². The molecule has 5 nitrogen and oxygen atoms in total. The summed E-state index contributed by atoms with van der Waals surface area (Å²) in [5.41, 5.74) is 1.60. The fourth-order valence-electron chi connectivity index (χ4n) is 2.80. The van der Waals surface area contributed by atoms with Crippen molar-refractivity contribution in [2.45, 2.75) is 25.3 Å². The Morgan fingerprint density at radius 3 is 2.85 bits per heavy atom. The minimum absolute atomic E-state index is 0.0366. The summed E-state index contributed by atoms with van der Waals surface area (Å²) in [6, 6.07) is 7.37. The Bertz CT molecular complexity index is 662. The second-order valence-corrected chi connectivity index (χ2v) is 5.30. The molecule has 3 N–H and O–H groups in total. The first-order valence-electron chi connectivity index (χ1n) is 6.74. The molecule has 0 unspecified atom stereocenters. The Morgan fingerprint density at radius 2 is 2.10 bits per heavy atom. The van der Waals surface area contributed by atoms with Gasteiger partial charge in [0.25, 0.3) is 5.91 Å². The number of hydrogen-bond acceptors (Lipinski definition) is 2. The number of carboxylic acids is 1. The molecule has 1 aromatic heterocycles. The molecule has 104 valence electrons. The first-order valence-corrected chi connectivity index (χ1v) is 6.74. The average molecular weight is 272 g/mol.